The monoisotopic (exact) mass is 451 g/mol. The molecule has 164 valence electrons. The van der Waals surface area contributed by atoms with Crippen LogP contribution in [0.3, 0.4) is 0 Å². The molecule has 2 aromatic heterocycles. The first kappa shape index (κ1) is 21.5. The van der Waals surface area contributed by atoms with E-state index >= 15 is 0 Å². The fraction of sp³-hybridized carbons (Fsp3) is 0.174. The maximum atomic E-state index is 12.4. The number of ether oxygens (including phenoxy) is 1. The highest BCUT2D eigenvalue weighted by molar-refractivity contribution is 7.90. The van der Waals surface area contributed by atoms with E-state index in [-0.39, 0.29) is 12.4 Å². The summed E-state index contributed by atoms with van der Waals surface area (Å²) in [5, 5.41) is -0.792. The molecule has 9 heteroatoms. The number of carbonyl (C=O) groups excluding carboxylic acids is 1. The average molecular weight is 452 g/mol. The van der Waals surface area contributed by atoms with Crippen LogP contribution in [0.2, 0.25) is 0 Å². The number of amides is 1. The molecule has 0 bridgehead atoms. The van der Waals surface area contributed by atoms with Gasteiger partial charge < -0.3 is 9.15 Å². The number of rotatable bonds is 7. The van der Waals surface area contributed by atoms with Crippen molar-refractivity contribution >= 4 is 15.9 Å². The molecule has 0 aliphatic heterocycles. The first-order valence-corrected chi connectivity index (χ1v) is 11.5. The average Bonchev–Trinajstić information content (AvgIpc) is 3.20. The van der Waals surface area contributed by atoms with Crippen molar-refractivity contribution in [3.05, 3.63) is 90.2 Å². The van der Waals surface area contributed by atoms with Crippen molar-refractivity contribution in [2.45, 2.75) is 25.2 Å². The molecule has 3 aromatic rings. The van der Waals surface area contributed by atoms with E-state index < -0.39 is 21.2 Å². The number of hydrogen-bond donors (Lipinski definition) is 1. The van der Waals surface area contributed by atoms with E-state index in [1.165, 1.54) is 12.1 Å². The van der Waals surface area contributed by atoms with E-state index in [4.69, 9.17) is 9.15 Å². The predicted molar refractivity (Wildman–Crippen MR) is 118 cm³/mol. The van der Waals surface area contributed by atoms with Crippen LogP contribution < -0.4 is 9.46 Å². The van der Waals surface area contributed by atoms with Gasteiger partial charge in [0.2, 0.25) is 10.0 Å². The highest BCUT2D eigenvalue weighted by atomic mass is 32.2. The molecule has 0 radical (unpaired) electrons. The van der Waals surface area contributed by atoms with Gasteiger partial charge in [0.1, 0.15) is 23.4 Å². The van der Waals surface area contributed by atoms with Gasteiger partial charge in [-0.2, -0.15) is 0 Å². The van der Waals surface area contributed by atoms with Crippen LogP contribution in [-0.4, -0.2) is 29.5 Å². The van der Waals surface area contributed by atoms with Crippen LogP contribution in [0.4, 0.5) is 0 Å². The van der Waals surface area contributed by atoms with E-state index in [0.29, 0.717) is 29.3 Å². The molecule has 1 unspecified atom stereocenters. The van der Waals surface area contributed by atoms with Crippen molar-refractivity contribution in [2.75, 3.05) is 0 Å². The highest BCUT2D eigenvalue weighted by Crippen LogP contribution is 2.22. The van der Waals surface area contributed by atoms with Crippen LogP contribution in [0.5, 0.6) is 5.75 Å². The van der Waals surface area contributed by atoms with Crippen LogP contribution in [0.15, 0.2) is 77.5 Å². The Morgan fingerprint density at radius 1 is 1.19 bits per heavy atom. The number of benzene rings is 1. The standard InChI is InChI=1S/C23H21N3O5S/c1-16-18(15-30-19-10-8-17(9-11-19)22-24-12-5-13-25-22)14-21(31-16)23(27)26-32(28,29)20-6-3-2-4-7-20/h2-6,8-14,20H,7,15H2,1H3,(H,26,27). The van der Waals surface area contributed by atoms with Crippen molar-refractivity contribution in [1.29, 1.82) is 0 Å². The molecule has 32 heavy (non-hydrogen) atoms. The van der Waals surface area contributed by atoms with Gasteiger partial charge in [0.25, 0.3) is 5.91 Å². The van der Waals surface area contributed by atoms with Gasteiger partial charge in [0.15, 0.2) is 11.6 Å². The Balaban J connectivity index is 1.39. The lowest BCUT2D eigenvalue weighted by Gasteiger charge is -2.14. The third kappa shape index (κ3) is 4.94. The number of nitrogens with zero attached hydrogens (tertiary/aromatic N) is 2. The highest BCUT2D eigenvalue weighted by Gasteiger charge is 2.27. The van der Waals surface area contributed by atoms with Gasteiger partial charge in [0.05, 0.1) is 0 Å². The second kappa shape index (κ2) is 9.19. The molecule has 8 nitrogen and oxygen atoms in total. The Bertz CT molecular complexity index is 1260. The van der Waals surface area contributed by atoms with E-state index in [1.54, 1.807) is 55.7 Å². The van der Waals surface area contributed by atoms with Crippen molar-refractivity contribution in [3.63, 3.8) is 0 Å². The summed E-state index contributed by atoms with van der Waals surface area (Å²) < 4.78 is 38.2. The molecular formula is C23H21N3O5S. The summed E-state index contributed by atoms with van der Waals surface area (Å²) in [6, 6.07) is 10.5. The number of nitrogens with one attached hydrogen (secondary N) is 1. The predicted octanol–water partition coefficient (Wildman–Crippen LogP) is 3.57. The van der Waals surface area contributed by atoms with E-state index in [9.17, 15) is 13.2 Å². The summed E-state index contributed by atoms with van der Waals surface area (Å²) in [6.45, 7) is 1.85. The number of carbonyl (C=O) groups is 1. The minimum atomic E-state index is -3.86. The normalized spacial score (nSPS) is 15.5. The lowest BCUT2D eigenvalue weighted by Crippen LogP contribution is -2.37. The maximum Gasteiger partial charge on any atom is 0.300 e. The Kier molecular flexibility index (Phi) is 6.18. The number of furan rings is 1. The molecule has 0 saturated carbocycles. The van der Waals surface area contributed by atoms with Gasteiger partial charge in [-0.1, -0.05) is 24.3 Å². The van der Waals surface area contributed by atoms with E-state index in [0.717, 1.165) is 5.56 Å². The fourth-order valence-corrected chi connectivity index (χ4v) is 4.30. The smallest absolute Gasteiger partial charge is 0.300 e. The van der Waals surface area contributed by atoms with Crippen LogP contribution >= 0.6 is 0 Å². The molecular weight excluding hydrogens is 430 g/mol. The molecule has 1 aliphatic rings. The van der Waals surface area contributed by atoms with Crippen molar-refractivity contribution < 1.29 is 22.4 Å². The molecule has 1 amide bonds. The number of aryl methyl sites for hydroxylation is 1. The van der Waals surface area contributed by atoms with Gasteiger partial charge >= 0.3 is 0 Å². The first-order valence-electron chi connectivity index (χ1n) is 9.91. The molecule has 0 spiro atoms. The second-order valence-electron chi connectivity index (χ2n) is 7.14. The Hall–Kier alpha value is -3.72. The van der Waals surface area contributed by atoms with E-state index in [2.05, 4.69) is 14.7 Å². The van der Waals surface area contributed by atoms with Crippen molar-refractivity contribution in [3.8, 4) is 17.1 Å². The SMILES string of the molecule is Cc1oc(C(=O)NS(=O)(=O)C2C=CC=CC2)cc1COc1ccc(-c2ncccn2)cc1. The van der Waals surface area contributed by atoms with Crippen molar-refractivity contribution in [2.24, 2.45) is 0 Å². The van der Waals surface area contributed by atoms with Gasteiger partial charge in [-0.15, -0.1) is 0 Å². The molecule has 1 aliphatic carbocycles. The quantitative estimate of drug-likeness (QED) is 0.584. The molecule has 1 atom stereocenters. The zero-order valence-electron chi connectivity index (χ0n) is 17.3. The largest absolute Gasteiger partial charge is 0.489 e. The zero-order valence-corrected chi connectivity index (χ0v) is 18.1. The molecule has 0 fully saturated rings. The van der Waals surface area contributed by atoms with Gasteiger partial charge in [0, 0.05) is 23.5 Å². The lowest BCUT2D eigenvalue weighted by atomic mass is 10.2. The number of allylic oxidation sites excluding steroid dienone is 3. The summed E-state index contributed by atoms with van der Waals surface area (Å²) in [4.78, 5) is 20.8. The van der Waals surface area contributed by atoms with Crippen molar-refractivity contribution in [1.82, 2.24) is 14.7 Å². The Labute approximate surface area is 185 Å². The summed E-state index contributed by atoms with van der Waals surface area (Å²) in [5.41, 5.74) is 1.50. The van der Waals surface area contributed by atoms with Gasteiger partial charge in [-0.25, -0.2) is 23.1 Å². The van der Waals surface area contributed by atoms with E-state index in [1.807, 2.05) is 12.1 Å². The molecule has 1 aromatic carbocycles. The molecule has 0 saturated heterocycles. The summed E-state index contributed by atoms with van der Waals surface area (Å²) in [6.07, 6.45) is 10.3. The topological polar surface area (TPSA) is 111 Å². The van der Waals surface area contributed by atoms with Crippen LogP contribution in [0, 0.1) is 6.92 Å². The summed E-state index contributed by atoms with van der Waals surface area (Å²) in [5.74, 6) is 0.819. The molecule has 4 rings (SSSR count). The third-order valence-electron chi connectivity index (χ3n) is 4.89. The minimum absolute atomic E-state index is 0.0865. The fourth-order valence-electron chi connectivity index (χ4n) is 3.13. The maximum absolute atomic E-state index is 12.4. The van der Waals surface area contributed by atoms with Gasteiger partial charge in [-0.3, -0.25) is 4.79 Å². The number of aromatic nitrogens is 2. The second-order valence-corrected chi connectivity index (χ2v) is 9.04. The van der Waals surface area contributed by atoms with Crippen LogP contribution in [0.1, 0.15) is 28.3 Å². The minimum Gasteiger partial charge on any atom is -0.489 e. The Morgan fingerprint density at radius 2 is 1.94 bits per heavy atom. The Morgan fingerprint density at radius 3 is 2.62 bits per heavy atom. The number of hydrogen-bond acceptors (Lipinski definition) is 7. The van der Waals surface area contributed by atoms with Crippen LogP contribution in [-0.2, 0) is 16.6 Å². The lowest BCUT2D eigenvalue weighted by molar-refractivity contribution is 0.0953. The summed E-state index contributed by atoms with van der Waals surface area (Å²) in [7, 11) is -3.86. The summed E-state index contributed by atoms with van der Waals surface area (Å²) >= 11 is 0. The molecule has 1 N–H and O–H groups in total. The molecule has 2 heterocycles. The zero-order chi connectivity index (χ0) is 22.6. The number of sulfonamides is 1. The first-order chi connectivity index (χ1) is 15.4. The van der Waals surface area contributed by atoms with Crippen LogP contribution in [0.25, 0.3) is 11.4 Å². The van der Waals surface area contributed by atoms with Gasteiger partial charge in [-0.05, 0) is 49.7 Å². The third-order valence-corrected chi connectivity index (χ3v) is 6.51.